The van der Waals surface area contributed by atoms with E-state index in [0.717, 1.165) is 16.8 Å². The number of hydrogen-bond acceptors (Lipinski definition) is 6. The van der Waals surface area contributed by atoms with Gasteiger partial charge in [-0.1, -0.05) is 17.7 Å². The Morgan fingerprint density at radius 2 is 1.79 bits per heavy atom. The molecule has 1 atom stereocenters. The van der Waals surface area contributed by atoms with Gasteiger partial charge in [-0.25, -0.2) is 17.2 Å². The zero-order valence-corrected chi connectivity index (χ0v) is 22.5. The molecule has 1 fully saturated rings. The van der Waals surface area contributed by atoms with Gasteiger partial charge < -0.3 is 9.64 Å². The van der Waals surface area contributed by atoms with Crippen LogP contribution in [0.4, 0.5) is 14.5 Å². The van der Waals surface area contributed by atoms with Crippen LogP contribution in [0.15, 0.2) is 47.4 Å². The summed E-state index contributed by atoms with van der Waals surface area (Å²) in [5.41, 5.74) is 0.533. The molecule has 5 rings (SSSR count). The minimum absolute atomic E-state index is 0.0679. The van der Waals surface area contributed by atoms with E-state index in [1.165, 1.54) is 10.5 Å². The van der Waals surface area contributed by atoms with Gasteiger partial charge in [-0.15, -0.1) is 0 Å². The monoisotopic (exact) mass is 564 g/mol. The van der Waals surface area contributed by atoms with Crippen molar-refractivity contribution in [2.75, 3.05) is 31.1 Å². The van der Waals surface area contributed by atoms with E-state index in [1.54, 1.807) is 38.1 Å². The first-order valence-corrected chi connectivity index (χ1v) is 14.2. The second kappa shape index (κ2) is 10.3. The number of halogens is 3. The fourth-order valence-corrected chi connectivity index (χ4v) is 6.38. The number of piperazine rings is 1. The van der Waals surface area contributed by atoms with Crippen molar-refractivity contribution in [2.24, 2.45) is 0 Å². The molecule has 3 aromatic rings. The van der Waals surface area contributed by atoms with Crippen LogP contribution >= 0.6 is 11.6 Å². The van der Waals surface area contributed by atoms with E-state index in [0.29, 0.717) is 35.9 Å². The van der Waals surface area contributed by atoms with Crippen molar-refractivity contribution in [1.82, 2.24) is 14.1 Å². The summed E-state index contributed by atoms with van der Waals surface area (Å²) in [6, 6.07) is 8.74. The first-order valence-electron chi connectivity index (χ1n) is 12.3. The second-order valence-corrected chi connectivity index (χ2v) is 12.5. The van der Waals surface area contributed by atoms with Crippen LogP contribution in [0.5, 0.6) is 5.75 Å². The standard InChI is InChI=1S/C26H27ClF2N4O4S/c1-16(2)38(35,36)32-12-10-31(11-13-32)22-15-30-33(18-5-3-4-17(27)14-18)26(34)25(22)37-23-9-6-19-20(28)7-8-21(29)24(19)23/h3-5,7-8,14-16,23H,6,9-13H2,1-2H3. The lowest BCUT2D eigenvalue weighted by Gasteiger charge is -2.36. The van der Waals surface area contributed by atoms with Gasteiger partial charge in [0.05, 0.1) is 17.1 Å². The van der Waals surface area contributed by atoms with Crippen molar-refractivity contribution >= 4 is 27.3 Å². The van der Waals surface area contributed by atoms with Gasteiger partial charge in [0, 0.05) is 36.8 Å². The average molecular weight is 565 g/mol. The molecule has 1 aromatic heterocycles. The Balaban J connectivity index is 1.54. The smallest absolute Gasteiger partial charge is 0.316 e. The highest BCUT2D eigenvalue weighted by Crippen LogP contribution is 2.39. The van der Waals surface area contributed by atoms with Crippen LogP contribution in [0.1, 0.15) is 37.5 Å². The number of hydrogen-bond donors (Lipinski definition) is 0. The van der Waals surface area contributed by atoms with E-state index < -0.39 is 38.6 Å². The Morgan fingerprint density at radius 1 is 1.08 bits per heavy atom. The number of aromatic nitrogens is 2. The Kier molecular flexibility index (Phi) is 7.19. The number of sulfonamides is 1. The molecule has 1 aliphatic carbocycles. The Bertz CT molecular complexity index is 1540. The third kappa shape index (κ3) is 4.78. The number of ether oxygens (including phenoxy) is 1. The summed E-state index contributed by atoms with van der Waals surface area (Å²) < 4.78 is 63.1. The molecule has 0 radical (unpaired) electrons. The van der Waals surface area contributed by atoms with Gasteiger partial charge in [0.15, 0.2) is 0 Å². The first-order chi connectivity index (χ1) is 18.1. The number of anilines is 1. The molecule has 1 saturated heterocycles. The molecule has 2 aromatic carbocycles. The maximum absolute atomic E-state index is 14.8. The molecule has 12 heteroatoms. The quantitative estimate of drug-likeness (QED) is 0.448. The van der Waals surface area contributed by atoms with Crippen molar-refractivity contribution in [2.45, 2.75) is 38.0 Å². The topological polar surface area (TPSA) is 84.7 Å². The molecule has 38 heavy (non-hydrogen) atoms. The number of benzene rings is 2. The van der Waals surface area contributed by atoms with Crippen LogP contribution in [-0.4, -0.2) is 53.9 Å². The summed E-state index contributed by atoms with van der Waals surface area (Å²) in [4.78, 5) is 15.6. The molecule has 1 unspecified atom stereocenters. The Morgan fingerprint density at radius 3 is 2.47 bits per heavy atom. The molecule has 1 aliphatic heterocycles. The lowest BCUT2D eigenvalue weighted by Crippen LogP contribution is -2.50. The molecule has 0 saturated carbocycles. The minimum Gasteiger partial charge on any atom is -0.478 e. The van der Waals surface area contributed by atoms with Gasteiger partial charge in [-0.2, -0.15) is 14.1 Å². The predicted molar refractivity (Wildman–Crippen MR) is 141 cm³/mol. The van der Waals surface area contributed by atoms with Crippen LogP contribution in [0, 0.1) is 11.6 Å². The molecule has 0 N–H and O–H groups in total. The normalized spacial score (nSPS) is 18.2. The zero-order chi connectivity index (χ0) is 27.2. The fraction of sp³-hybridized carbons (Fsp3) is 0.385. The first kappa shape index (κ1) is 26.6. The maximum Gasteiger partial charge on any atom is 0.316 e. The van der Waals surface area contributed by atoms with Gasteiger partial charge in [-0.05, 0) is 62.6 Å². The summed E-state index contributed by atoms with van der Waals surface area (Å²) >= 11 is 6.12. The summed E-state index contributed by atoms with van der Waals surface area (Å²) in [5.74, 6) is -1.18. The third-order valence-corrected chi connectivity index (χ3v) is 9.50. The predicted octanol–water partition coefficient (Wildman–Crippen LogP) is 4.09. The van der Waals surface area contributed by atoms with Crippen LogP contribution in [0.2, 0.25) is 5.02 Å². The molecule has 0 amide bonds. The average Bonchev–Trinajstić information content (AvgIpc) is 3.32. The SMILES string of the molecule is CC(C)S(=O)(=O)N1CCN(c2cnn(-c3cccc(Cl)c3)c(=O)c2OC2CCc3c(F)ccc(F)c32)CC1. The highest BCUT2D eigenvalue weighted by molar-refractivity contribution is 7.89. The van der Waals surface area contributed by atoms with Gasteiger partial charge in [0.1, 0.15) is 23.4 Å². The van der Waals surface area contributed by atoms with Crippen molar-refractivity contribution in [1.29, 1.82) is 0 Å². The molecule has 0 spiro atoms. The van der Waals surface area contributed by atoms with Gasteiger partial charge in [0.2, 0.25) is 15.8 Å². The number of nitrogens with zero attached hydrogens (tertiary/aromatic N) is 4. The van der Waals surface area contributed by atoms with Crippen molar-refractivity contribution in [3.8, 4) is 11.4 Å². The fourth-order valence-electron chi connectivity index (χ4n) is 4.93. The van der Waals surface area contributed by atoms with Crippen LogP contribution in [-0.2, 0) is 16.4 Å². The number of rotatable bonds is 6. The molecule has 2 aliphatic rings. The van der Waals surface area contributed by atoms with E-state index in [4.69, 9.17) is 16.3 Å². The van der Waals surface area contributed by atoms with Gasteiger partial charge in [-0.3, -0.25) is 4.79 Å². The summed E-state index contributed by atoms with van der Waals surface area (Å²) in [6.07, 6.45) is 1.18. The van der Waals surface area contributed by atoms with E-state index in [9.17, 15) is 22.0 Å². The summed E-state index contributed by atoms with van der Waals surface area (Å²) in [5, 5.41) is 4.19. The van der Waals surface area contributed by atoms with Crippen LogP contribution in [0.25, 0.3) is 5.69 Å². The highest BCUT2D eigenvalue weighted by Gasteiger charge is 2.34. The lowest BCUT2D eigenvalue weighted by atomic mass is 10.1. The second-order valence-electron chi connectivity index (χ2n) is 9.60. The maximum atomic E-state index is 14.8. The zero-order valence-electron chi connectivity index (χ0n) is 20.9. The molecule has 0 bridgehead atoms. The molecule has 2 heterocycles. The van der Waals surface area contributed by atoms with Crippen molar-refractivity contribution < 1.29 is 21.9 Å². The van der Waals surface area contributed by atoms with E-state index in [1.807, 2.05) is 4.90 Å². The largest absolute Gasteiger partial charge is 0.478 e. The minimum atomic E-state index is -3.43. The van der Waals surface area contributed by atoms with E-state index in [-0.39, 0.29) is 36.4 Å². The summed E-state index contributed by atoms with van der Waals surface area (Å²) in [6.45, 7) is 4.32. The number of fused-ring (bicyclic) bond motifs is 1. The third-order valence-electron chi connectivity index (χ3n) is 6.99. The molecular weight excluding hydrogens is 538 g/mol. The van der Waals surface area contributed by atoms with Gasteiger partial charge >= 0.3 is 5.56 Å². The Hall–Kier alpha value is -3.02. The molecule has 202 valence electrons. The van der Waals surface area contributed by atoms with E-state index in [2.05, 4.69) is 5.10 Å². The molecule has 8 nitrogen and oxygen atoms in total. The highest BCUT2D eigenvalue weighted by atomic mass is 35.5. The van der Waals surface area contributed by atoms with Crippen LogP contribution < -0.4 is 15.2 Å². The lowest BCUT2D eigenvalue weighted by molar-refractivity contribution is 0.199. The van der Waals surface area contributed by atoms with Crippen LogP contribution in [0.3, 0.4) is 0 Å². The van der Waals surface area contributed by atoms with E-state index >= 15 is 0 Å². The summed E-state index contributed by atoms with van der Waals surface area (Å²) in [7, 11) is -3.43. The van der Waals surface area contributed by atoms with Crippen molar-refractivity contribution in [3.05, 3.63) is 80.7 Å². The Labute approximate surface area is 224 Å². The van der Waals surface area contributed by atoms with Crippen molar-refractivity contribution in [3.63, 3.8) is 0 Å². The van der Waals surface area contributed by atoms with Gasteiger partial charge in [0.25, 0.3) is 0 Å². The molecular formula is C26H27ClF2N4O4S.